The first kappa shape index (κ1) is 14.6. The number of morpholine rings is 1. The largest absolute Gasteiger partial charge is 0.508 e. The summed E-state index contributed by atoms with van der Waals surface area (Å²) in [7, 11) is 0. The van der Waals surface area contributed by atoms with Gasteiger partial charge in [0.25, 0.3) is 0 Å². The van der Waals surface area contributed by atoms with Crippen molar-refractivity contribution >= 4 is 11.7 Å². The number of carbonyl (C=O) groups excluding carboxylic acids is 1. The Morgan fingerprint density at radius 2 is 2.15 bits per heavy atom. The molecule has 2 rings (SSSR count). The Labute approximate surface area is 117 Å². The van der Waals surface area contributed by atoms with Crippen molar-refractivity contribution < 1.29 is 24.5 Å². The van der Waals surface area contributed by atoms with Crippen molar-refractivity contribution in [1.82, 2.24) is 0 Å². The second kappa shape index (κ2) is 6.58. The molecule has 1 saturated heterocycles. The van der Waals surface area contributed by atoms with Crippen LogP contribution in [-0.4, -0.2) is 49.1 Å². The van der Waals surface area contributed by atoms with Crippen molar-refractivity contribution in [3.05, 3.63) is 23.8 Å². The predicted octanol–water partition coefficient (Wildman–Crippen LogP) is 0.825. The number of anilines is 1. The van der Waals surface area contributed by atoms with Gasteiger partial charge in [0, 0.05) is 24.3 Å². The maximum atomic E-state index is 11.6. The standard InChI is InChI=1S/C14H19NO5/c1-2-20-14(18)13(17)11-9-10(3-4-12(11)16)15-5-7-19-8-6-15/h3-4,9,13,16-17H,2,5-8H2,1H3. The fourth-order valence-electron chi connectivity index (χ4n) is 2.13. The molecular formula is C14H19NO5. The van der Waals surface area contributed by atoms with Crippen molar-refractivity contribution in [2.75, 3.05) is 37.8 Å². The lowest BCUT2D eigenvalue weighted by Gasteiger charge is -2.29. The summed E-state index contributed by atoms with van der Waals surface area (Å²) < 4.78 is 10.0. The van der Waals surface area contributed by atoms with Crippen molar-refractivity contribution in [1.29, 1.82) is 0 Å². The number of hydrogen-bond acceptors (Lipinski definition) is 6. The van der Waals surface area contributed by atoms with Crippen LogP contribution in [0.5, 0.6) is 5.75 Å². The average molecular weight is 281 g/mol. The van der Waals surface area contributed by atoms with Crippen LogP contribution in [-0.2, 0) is 14.3 Å². The zero-order valence-corrected chi connectivity index (χ0v) is 11.4. The topological polar surface area (TPSA) is 79.2 Å². The van der Waals surface area contributed by atoms with Crippen molar-refractivity contribution in [2.45, 2.75) is 13.0 Å². The second-order valence-electron chi connectivity index (χ2n) is 4.50. The van der Waals surface area contributed by atoms with E-state index in [-0.39, 0.29) is 17.9 Å². The first-order valence-corrected chi connectivity index (χ1v) is 6.63. The van der Waals surface area contributed by atoms with Crippen LogP contribution in [0.15, 0.2) is 18.2 Å². The molecule has 0 bridgehead atoms. The zero-order valence-electron chi connectivity index (χ0n) is 11.4. The zero-order chi connectivity index (χ0) is 14.5. The molecule has 0 amide bonds. The average Bonchev–Trinajstić information content (AvgIpc) is 2.48. The smallest absolute Gasteiger partial charge is 0.339 e. The quantitative estimate of drug-likeness (QED) is 0.796. The molecule has 6 heteroatoms. The molecule has 0 aromatic heterocycles. The van der Waals surface area contributed by atoms with Gasteiger partial charge in [-0.2, -0.15) is 0 Å². The normalized spacial score (nSPS) is 16.8. The van der Waals surface area contributed by atoms with E-state index in [0.29, 0.717) is 13.2 Å². The minimum Gasteiger partial charge on any atom is -0.508 e. The Morgan fingerprint density at radius 3 is 2.80 bits per heavy atom. The first-order valence-electron chi connectivity index (χ1n) is 6.63. The van der Waals surface area contributed by atoms with E-state index in [1.54, 1.807) is 19.1 Å². The number of aliphatic hydroxyl groups is 1. The number of nitrogens with zero attached hydrogens (tertiary/aromatic N) is 1. The van der Waals surface area contributed by atoms with Crippen LogP contribution in [0, 0.1) is 0 Å². The highest BCUT2D eigenvalue weighted by Crippen LogP contribution is 2.30. The fourth-order valence-corrected chi connectivity index (χ4v) is 2.13. The van der Waals surface area contributed by atoms with Crippen LogP contribution in [0.2, 0.25) is 0 Å². The lowest BCUT2D eigenvalue weighted by molar-refractivity contribution is -0.153. The number of rotatable bonds is 4. The van der Waals surface area contributed by atoms with E-state index in [1.807, 2.05) is 0 Å². The summed E-state index contributed by atoms with van der Waals surface area (Å²) in [4.78, 5) is 13.6. The highest BCUT2D eigenvalue weighted by Gasteiger charge is 2.23. The number of aliphatic hydroxyl groups excluding tert-OH is 1. The van der Waals surface area contributed by atoms with Crippen LogP contribution >= 0.6 is 0 Å². The number of ether oxygens (including phenoxy) is 2. The lowest BCUT2D eigenvalue weighted by atomic mass is 10.1. The number of aromatic hydroxyl groups is 1. The van der Waals surface area contributed by atoms with E-state index in [2.05, 4.69) is 4.90 Å². The Bertz CT molecular complexity index is 471. The van der Waals surface area contributed by atoms with Gasteiger partial charge >= 0.3 is 5.97 Å². The van der Waals surface area contributed by atoms with Gasteiger partial charge in [-0.3, -0.25) is 0 Å². The van der Waals surface area contributed by atoms with Crippen molar-refractivity contribution in [3.63, 3.8) is 0 Å². The van der Waals surface area contributed by atoms with Crippen LogP contribution in [0.1, 0.15) is 18.6 Å². The van der Waals surface area contributed by atoms with Crippen LogP contribution in [0.3, 0.4) is 0 Å². The monoisotopic (exact) mass is 281 g/mol. The number of benzene rings is 1. The molecule has 1 aliphatic heterocycles. The fraction of sp³-hybridized carbons (Fsp3) is 0.500. The first-order chi connectivity index (χ1) is 9.63. The Kier molecular flexibility index (Phi) is 4.81. The highest BCUT2D eigenvalue weighted by atomic mass is 16.5. The molecule has 6 nitrogen and oxygen atoms in total. The molecule has 0 spiro atoms. The third kappa shape index (κ3) is 3.20. The molecule has 20 heavy (non-hydrogen) atoms. The predicted molar refractivity (Wildman–Crippen MR) is 72.7 cm³/mol. The molecule has 1 aromatic rings. The Balaban J connectivity index is 2.21. The molecule has 0 aliphatic carbocycles. The number of phenolic OH excluding ortho intramolecular Hbond substituents is 1. The second-order valence-corrected chi connectivity index (χ2v) is 4.50. The molecule has 0 radical (unpaired) electrons. The van der Waals surface area contributed by atoms with Gasteiger partial charge in [0.15, 0.2) is 6.10 Å². The van der Waals surface area contributed by atoms with Gasteiger partial charge in [-0.25, -0.2) is 4.79 Å². The molecule has 1 unspecified atom stereocenters. The van der Waals surface area contributed by atoms with Crippen LogP contribution in [0.25, 0.3) is 0 Å². The minimum absolute atomic E-state index is 0.123. The minimum atomic E-state index is -1.48. The van der Waals surface area contributed by atoms with Gasteiger partial charge in [0.05, 0.1) is 19.8 Å². The lowest BCUT2D eigenvalue weighted by Crippen LogP contribution is -2.36. The summed E-state index contributed by atoms with van der Waals surface area (Å²) in [6, 6.07) is 4.84. The van der Waals surface area contributed by atoms with Gasteiger partial charge in [0.2, 0.25) is 0 Å². The molecule has 1 aromatic carbocycles. The van der Waals surface area contributed by atoms with Crippen molar-refractivity contribution in [3.8, 4) is 5.75 Å². The number of phenols is 1. The summed E-state index contributed by atoms with van der Waals surface area (Å²) >= 11 is 0. The van der Waals surface area contributed by atoms with Gasteiger partial charge in [-0.05, 0) is 25.1 Å². The Morgan fingerprint density at radius 1 is 1.45 bits per heavy atom. The molecule has 2 N–H and O–H groups in total. The maximum Gasteiger partial charge on any atom is 0.339 e. The summed E-state index contributed by atoms with van der Waals surface area (Å²) in [6.45, 7) is 4.58. The van der Waals surface area contributed by atoms with Crippen LogP contribution < -0.4 is 4.90 Å². The number of hydrogen-bond donors (Lipinski definition) is 2. The SMILES string of the molecule is CCOC(=O)C(O)c1cc(N2CCOCC2)ccc1O. The van der Waals surface area contributed by atoms with Crippen LogP contribution in [0.4, 0.5) is 5.69 Å². The van der Waals surface area contributed by atoms with Gasteiger partial charge in [0.1, 0.15) is 5.75 Å². The number of esters is 1. The third-order valence-electron chi connectivity index (χ3n) is 3.19. The van der Waals surface area contributed by atoms with E-state index < -0.39 is 12.1 Å². The Hall–Kier alpha value is -1.79. The summed E-state index contributed by atoms with van der Waals surface area (Å²) in [6.07, 6.45) is -1.48. The van der Waals surface area contributed by atoms with E-state index in [9.17, 15) is 15.0 Å². The van der Waals surface area contributed by atoms with E-state index in [0.717, 1.165) is 18.8 Å². The molecule has 1 aliphatic rings. The van der Waals surface area contributed by atoms with Gasteiger partial charge in [-0.15, -0.1) is 0 Å². The summed E-state index contributed by atoms with van der Waals surface area (Å²) in [5.74, 6) is -0.885. The third-order valence-corrected chi connectivity index (χ3v) is 3.19. The molecule has 0 saturated carbocycles. The van der Waals surface area contributed by atoms with E-state index >= 15 is 0 Å². The molecule has 1 fully saturated rings. The summed E-state index contributed by atoms with van der Waals surface area (Å²) in [5, 5.41) is 19.8. The number of carbonyl (C=O) groups is 1. The molecule has 1 atom stereocenters. The highest BCUT2D eigenvalue weighted by molar-refractivity contribution is 5.78. The molecule has 1 heterocycles. The van der Waals surface area contributed by atoms with E-state index in [1.165, 1.54) is 6.07 Å². The van der Waals surface area contributed by atoms with Gasteiger partial charge in [-0.1, -0.05) is 0 Å². The molecule has 110 valence electrons. The van der Waals surface area contributed by atoms with Gasteiger partial charge < -0.3 is 24.6 Å². The van der Waals surface area contributed by atoms with E-state index in [4.69, 9.17) is 9.47 Å². The summed E-state index contributed by atoms with van der Waals surface area (Å²) in [5.41, 5.74) is 0.997. The maximum absolute atomic E-state index is 11.6. The molecular weight excluding hydrogens is 262 g/mol. The van der Waals surface area contributed by atoms with Crippen molar-refractivity contribution in [2.24, 2.45) is 0 Å².